The van der Waals surface area contributed by atoms with Crippen LogP contribution in [0.2, 0.25) is 0 Å². The summed E-state index contributed by atoms with van der Waals surface area (Å²) in [5.74, 6) is -2.28. The molecule has 0 radical (unpaired) electrons. The average Bonchev–Trinajstić information content (AvgIpc) is 3.21. The summed E-state index contributed by atoms with van der Waals surface area (Å²) in [6, 6.07) is 26.1. The summed E-state index contributed by atoms with van der Waals surface area (Å²) >= 11 is 0. The number of pyridine rings is 1. The summed E-state index contributed by atoms with van der Waals surface area (Å²) in [5, 5.41) is 2.23. The SMILES string of the molecule is Cc1nc2ccccc2c2c1C(=O)N(c1ccccc1C(=O)OCC(=O)c1cccc3ccccc13)C2=O. The number of fused-ring (bicyclic) bond motifs is 4. The molecule has 5 aromatic rings. The maximum atomic E-state index is 13.6. The molecule has 7 heteroatoms. The number of hydrogen-bond donors (Lipinski definition) is 0. The van der Waals surface area contributed by atoms with Crippen LogP contribution in [0.15, 0.2) is 91.0 Å². The first-order chi connectivity index (χ1) is 18.5. The lowest BCUT2D eigenvalue weighted by molar-refractivity contribution is 0.0476. The zero-order chi connectivity index (χ0) is 26.4. The summed E-state index contributed by atoms with van der Waals surface area (Å²) in [6.07, 6.45) is 0. The smallest absolute Gasteiger partial charge is 0.340 e. The molecule has 0 fully saturated rings. The van der Waals surface area contributed by atoms with Gasteiger partial charge in [-0.05, 0) is 35.9 Å². The number of rotatable bonds is 5. The van der Waals surface area contributed by atoms with E-state index in [0.29, 0.717) is 22.2 Å². The number of ketones is 1. The predicted molar refractivity (Wildman–Crippen MR) is 143 cm³/mol. The second kappa shape index (κ2) is 9.05. The molecular formula is C31H20N2O5. The second-order valence-electron chi connectivity index (χ2n) is 8.95. The van der Waals surface area contributed by atoms with E-state index in [0.717, 1.165) is 15.7 Å². The first-order valence-corrected chi connectivity index (χ1v) is 12.0. The van der Waals surface area contributed by atoms with Crippen molar-refractivity contribution in [2.24, 2.45) is 0 Å². The number of Topliss-reactive ketones (excluding diaryl/α,β-unsaturated/α-hetero) is 1. The number of nitrogens with zero attached hydrogens (tertiary/aromatic N) is 2. The second-order valence-corrected chi connectivity index (χ2v) is 8.95. The van der Waals surface area contributed by atoms with E-state index in [1.807, 2.05) is 36.4 Å². The van der Waals surface area contributed by atoms with Gasteiger partial charge < -0.3 is 4.74 Å². The fourth-order valence-electron chi connectivity index (χ4n) is 4.95. The average molecular weight is 501 g/mol. The molecule has 0 aliphatic carbocycles. The van der Waals surface area contributed by atoms with Crippen LogP contribution in [-0.4, -0.2) is 35.2 Å². The molecule has 2 amide bonds. The highest BCUT2D eigenvalue weighted by Crippen LogP contribution is 2.35. The summed E-state index contributed by atoms with van der Waals surface area (Å²) in [6.45, 7) is 1.19. The normalized spacial score (nSPS) is 12.7. The van der Waals surface area contributed by atoms with Crippen LogP contribution in [0.3, 0.4) is 0 Å². The molecule has 6 rings (SSSR count). The van der Waals surface area contributed by atoms with E-state index in [1.165, 1.54) is 12.1 Å². The highest BCUT2D eigenvalue weighted by molar-refractivity contribution is 6.38. The van der Waals surface area contributed by atoms with Crippen molar-refractivity contribution in [2.75, 3.05) is 11.5 Å². The first-order valence-electron chi connectivity index (χ1n) is 12.0. The fourth-order valence-corrected chi connectivity index (χ4v) is 4.95. The molecule has 0 spiro atoms. The van der Waals surface area contributed by atoms with Crippen LogP contribution >= 0.6 is 0 Å². The van der Waals surface area contributed by atoms with Gasteiger partial charge in [-0.15, -0.1) is 0 Å². The summed E-state index contributed by atoms with van der Waals surface area (Å²) in [4.78, 5) is 58.6. The molecule has 0 saturated heterocycles. The summed E-state index contributed by atoms with van der Waals surface area (Å²) < 4.78 is 5.38. The van der Waals surface area contributed by atoms with Crippen molar-refractivity contribution in [3.63, 3.8) is 0 Å². The number of aromatic nitrogens is 1. The van der Waals surface area contributed by atoms with Gasteiger partial charge >= 0.3 is 5.97 Å². The molecule has 1 aliphatic rings. The van der Waals surface area contributed by atoms with Gasteiger partial charge in [-0.2, -0.15) is 0 Å². The molecule has 0 saturated carbocycles. The lowest BCUT2D eigenvalue weighted by Crippen LogP contribution is -2.31. The Morgan fingerprint density at radius 1 is 0.737 bits per heavy atom. The van der Waals surface area contributed by atoms with E-state index in [4.69, 9.17) is 4.74 Å². The van der Waals surface area contributed by atoms with Gasteiger partial charge in [0.2, 0.25) is 5.78 Å². The molecule has 0 unspecified atom stereocenters. The number of anilines is 1. The molecule has 7 nitrogen and oxygen atoms in total. The molecule has 0 bridgehead atoms. The van der Waals surface area contributed by atoms with Gasteiger partial charge in [0.15, 0.2) is 6.61 Å². The van der Waals surface area contributed by atoms with Crippen LogP contribution < -0.4 is 4.90 Å². The van der Waals surface area contributed by atoms with Gasteiger partial charge in [0.25, 0.3) is 11.8 Å². The van der Waals surface area contributed by atoms with E-state index in [-0.39, 0.29) is 28.2 Å². The van der Waals surface area contributed by atoms with Crippen LogP contribution in [0.25, 0.3) is 21.7 Å². The van der Waals surface area contributed by atoms with Gasteiger partial charge in [0, 0.05) is 10.9 Å². The maximum Gasteiger partial charge on any atom is 0.340 e. The Bertz CT molecular complexity index is 1820. The molecule has 1 aromatic heterocycles. The van der Waals surface area contributed by atoms with Gasteiger partial charge in [-0.1, -0.05) is 72.8 Å². The Balaban J connectivity index is 1.31. The zero-order valence-corrected chi connectivity index (χ0v) is 20.3. The lowest BCUT2D eigenvalue weighted by atomic mass is 10.0. The number of para-hydroxylation sites is 2. The van der Waals surface area contributed by atoms with Crippen LogP contribution in [0, 0.1) is 6.92 Å². The van der Waals surface area contributed by atoms with Crippen molar-refractivity contribution in [1.29, 1.82) is 0 Å². The van der Waals surface area contributed by atoms with Gasteiger partial charge in [0.1, 0.15) is 0 Å². The Morgan fingerprint density at radius 2 is 1.37 bits per heavy atom. The summed E-state index contributed by atoms with van der Waals surface area (Å²) in [7, 11) is 0. The standard InChI is InChI=1S/C31H20N2O5/c1-18-27-28(22-12-4-6-15-24(22)32-18)30(36)33(29(27)35)25-16-7-5-13-23(25)31(37)38-17-26(34)21-14-8-10-19-9-2-3-11-20(19)21/h2-16H,17H2,1H3. The molecule has 0 N–H and O–H groups in total. The molecule has 4 aromatic carbocycles. The van der Waals surface area contributed by atoms with Crippen molar-refractivity contribution in [3.05, 3.63) is 119 Å². The third-order valence-electron chi connectivity index (χ3n) is 6.70. The molecule has 38 heavy (non-hydrogen) atoms. The van der Waals surface area contributed by atoms with Crippen molar-refractivity contribution < 1.29 is 23.9 Å². The fraction of sp³-hybridized carbons (Fsp3) is 0.0645. The van der Waals surface area contributed by atoms with Crippen LogP contribution in [-0.2, 0) is 4.74 Å². The Morgan fingerprint density at radius 3 is 2.21 bits per heavy atom. The number of aryl methyl sites for hydroxylation is 1. The van der Waals surface area contributed by atoms with Gasteiger partial charge in [-0.25, -0.2) is 9.69 Å². The van der Waals surface area contributed by atoms with E-state index in [9.17, 15) is 19.2 Å². The largest absolute Gasteiger partial charge is 0.454 e. The van der Waals surface area contributed by atoms with Crippen LogP contribution in [0.5, 0.6) is 0 Å². The van der Waals surface area contributed by atoms with Crippen molar-refractivity contribution >= 4 is 50.9 Å². The third-order valence-corrected chi connectivity index (χ3v) is 6.70. The predicted octanol–water partition coefficient (Wildman–Crippen LogP) is 5.54. The number of amides is 2. The number of imide groups is 1. The Labute approximate surface area is 217 Å². The number of hydrogen-bond acceptors (Lipinski definition) is 6. The number of carbonyl (C=O) groups excluding carboxylic acids is 4. The third kappa shape index (κ3) is 3.64. The molecule has 1 aliphatic heterocycles. The molecule has 184 valence electrons. The van der Waals surface area contributed by atoms with E-state index >= 15 is 0 Å². The first kappa shape index (κ1) is 23.2. The van der Waals surface area contributed by atoms with Gasteiger partial charge in [-0.3, -0.25) is 19.4 Å². The minimum Gasteiger partial charge on any atom is -0.454 e. The molecular weight excluding hydrogens is 480 g/mol. The number of carbonyl (C=O) groups is 4. The van der Waals surface area contributed by atoms with E-state index in [2.05, 4.69) is 4.98 Å². The summed E-state index contributed by atoms with van der Waals surface area (Å²) in [5.41, 5.74) is 2.04. The van der Waals surface area contributed by atoms with Crippen LogP contribution in [0.4, 0.5) is 5.69 Å². The lowest BCUT2D eigenvalue weighted by Gasteiger charge is -2.17. The Kier molecular flexibility index (Phi) is 5.53. The quantitative estimate of drug-likeness (QED) is 0.179. The molecule has 0 atom stereocenters. The van der Waals surface area contributed by atoms with E-state index in [1.54, 1.807) is 49.4 Å². The topological polar surface area (TPSA) is 93.6 Å². The van der Waals surface area contributed by atoms with Gasteiger partial charge in [0.05, 0.1) is 33.6 Å². The molecule has 2 heterocycles. The number of esters is 1. The minimum absolute atomic E-state index is 0.00245. The van der Waals surface area contributed by atoms with Crippen molar-refractivity contribution in [1.82, 2.24) is 4.98 Å². The van der Waals surface area contributed by atoms with Crippen LogP contribution in [0.1, 0.15) is 47.1 Å². The minimum atomic E-state index is -0.814. The van der Waals surface area contributed by atoms with Crippen molar-refractivity contribution in [3.8, 4) is 0 Å². The van der Waals surface area contributed by atoms with E-state index < -0.39 is 24.4 Å². The monoisotopic (exact) mass is 500 g/mol. The van der Waals surface area contributed by atoms with Crippen molar-refractivity contribution in [2.45, 2.75) is 6.92 Å². The number of benzene rings is 4. The number of ether oxygens (including phenoxy) is 1. The maximum absolute atomic E-state index is 13.6. The highest BCUT2D eigenvalue weighted by atomic mass is 16.5. The highest BCUT2D eigenvalue weighted by Gasteiger charge is 2.41. The zero-order valence-electron chi connectivity index (χ0n) is 20.3. The Hall–Kier alpha value is -5.17.